The van der Waals surface area contributed by atoms with Crippen LogP contribution in [0.15, 0.2) is 59.5 Å². The lowest BCUT2D eigenvalue weighted by molar-refractivity contribution is 0.0954. The van der Waals surface area contributed by atoms with Gasteiger partial charge in [-0.05, 0) is 43.5 Å². The molecule has 2 rings (SSSR count). The Labute approximate surface area is 149 Å². The van der Waals surface area contributed by atoms with Crippen LogP contribution < -0.4 is 10.0 Å². The van der Waals surface area contributed by atoms with Gasteiger partial charge in [-0.1, -0.05) is 43.3 Å². The van der Waals surface area contributed by atoms with E-state index in [0.717, 1.165) is 12.0 Å². The van der Waals surface area contributed by atoms with E-state index in [1.807, 2.05) is 37.3 Å². The zero-order chi connectivity index (χ0) is 18.3. The number of rotatable bonds is 8. The van der Waals surface area contributed by atoms with Gasteiger partial charge in [-0.2, -0.15) is 0 Å². The largest absolute Gasteiger partial charge is 0.352 e. The topological polar surface area (TPSA) is 75.3 Å². The van der Waals surface area contributed by atoms with Crippen LogP contribution in [-0.4, -0.2) is 26.9 Å². The van der Waals surface area contributed by atoms with Gasteiger partial charge in [-0.25, -0.2) is 13.1 Å². The Bertz CT molecular complexity index is 804. The second-order valence-electron chi connectivity index (χ2n) is 5.95. The first-order chi connectivity index (χ1) is 11.9. The maximum Gasteiger partial charge on any atom is 0.251 e. The van der Waals surface area contributed by atoms with Crippen LogP contribution >= 0.6 is 0 Å². The maximum atomic E-state index is 12.3. The first-order valence-corrected chi connectivity index (χ1v) is 9.85. The summed E-state index contributed by atoms with van der Waals surface area (Å²) in [7, 11) is -3.62. The minimum Gasteiger partial charge on any atom is -0.352 e. The van der Waals surface area contributed by atoms with E-state index >= 15 is 0 Å². The Hall–Kier alpha value is -2.18. The van der Waals surface area contributed by atoms with Gasteiger partial charge in [-0.3, -0.25) is 4.79 Å². The van der Waals surface area contributed by atoms with Crippen molar-refractivity contribution in [2.24, 2.45) is 0 Å². The molecule has 0 heterocycles. The van der Waals surface area contributed by atoms with Crippen molar-refractivity contribution < 1.29 is 13.2 Å². The number of carbonyl (C=O) groups excluding carboxylic acids is 1. The molecule has 0 saturated heterocycles. The minimum absolute atomic E-state index is 0.100. The minimum atomic E-state index is -3.62. The van der Waals surface area contributed by atoms with Crippen LogP contribution in [0.25, 0.3) is 0 Å². The first-order valence-electron chi connectivity index (χ1n) is 8.37. The monoisotopic (exact) mass is 360 g/mol. The molecule has 1 atom stereocenters. The normalized spacial score (nSPS) is 12.6. The zero-order valence-corrected chi connectivity index (χ0v) is 15.3. The summed E-state index contributed by atoms with van der Waals surface area (Å²) in [6.07, 6.45) is 1.42. The predicted octanol–water partition coefficient (Wildman–Crippen LogP) is 2.74. The lowest BCUT2D eigenvalue weighted by atomic mass is 10.1. The second-order valence-corrected chi connectivity index (χ2v) is 7.66. The van der Waals surface area contributed by atoms with Crippen LogP contribution in [0.4, 0.5) is 0 Å². The molecule has 25 heavy (non-hydrogen) atoms. The second kappa shape index (κ2) is 8.78. The van der Waals surface area contributed by atoms with Gasteiger partial charge in [0.1, 0.15) is 0 Å². The molecule has 0 bridgehead atoms. The molecule has 0 aliphatic carbocycles. The predicted molar refractivity (Wildman–Crippen MR) is 99.0 cm³/mol. The summed E-state index contributed by atoms with van der Waals surface area (Å²) < 4.78 is 27.3. The third-order valence-electron chi connectivity index (χ3n) is 3.92. The highest BCUT2D eigenvalue weighted by Gasteiger charge is 2.18. The van der Waals surface area contributed by atoms with Gasteiger partial charge in [0.05, 0.1) is 4.90 Å². The van der Waals surface area contributed by atoms with Gasteiger partial charge in [-0.15, -0.1) is 0 Å². The summed E-state index contributed by atoms with van der Waals surface area (Å²) in [6.45, 7) is 4.20. The fourth-order valence-corrected chi connectivity index (χ4v) is 3.66. The summed E-state index contributed by atoms with van der Waals surface area (Å²) in [5, 5.41) is 2.82. The molecule has 0 saturated carbocycles. The first kappa shape index (κ1) is 19.1. The van der Waals surface area contributed by atoms with E-state index in [2.05, 4.69) is 10.0 Å². The fourth-order valence-electron chi connectivity index (χ4n) is 2.29. The molecule has 0 aromatic heterocycles. The van der Waals surface area contributed by atoms with Crippen molar-refractivity contribution in [3.63, 3.8) is 0 Å². The standard InChI is InChI=1S/C19H24N2O3S/c1-3-15(2)21-25(23,24)18-11-7-10-17(14-18)19(22)20-13-12-16-8-5-4-6-9-16/h4-11,14-15,21H,3,12-13H2,1-2H3,(H,20,22). The zero-order valence-electron chi connectivity index (χ0n) is 14.5. The molecule has 2 N–H and O–H groups in total. The van der Waals surface area contributed by atoms with Gasteiger partial charge in [0.2, 0.25) is 10.0 Å². The van der Waals surface area contributed by atoms with Crippen molar-refractivity contribution in [3.8, 4) is 0 Å². The summed E-state index contributed by atoms with van der Waals surface area (Å²) in [5.41, 5.74) is 1.47. The lowest BCUT2D eigenvalue weighted by Crippen LogP contribution is -2.32. The van der Waals surface area contributed by atoms with Gasteiger partial charge < -0.3 is 5.32 Å². The van der Waals surface area contributed by atoms with Crippen molar-refractivity contribution in [1.29, 1.82) is 0 Å². The molecule has 1 amide bonds. The Morgan fingerprint density at radius 2 is 1.80 bits per heavy atom. The van der Waals surface area contributed by atoms with Crippen LogP contribution in [-0.2, 0) is 16.4 Å². The van der Waals surface area contributed by atoms with Crippen LogP contribution in [0.3, 0.4) is 0 Å². The van der Waals surface area contributed by atoms with E-state index < -0.39 is 10.0 Å². The van der Waals surface area contributed by atoms with E-state index in [-0.39, 0.29) is 16.8 Å². The number of hydrogen-bond donors (Lipinski definition) is 2. The van der Waals surface area contributed by atoms with E-state index in [0.29, 0.717) is 18.5 Å². The smallest absolute Gasteiger partial charge is 0.251 e. The lowest BCUT2D eigenvalue weighted by Gasteiger charge is -2.13. The molecular weight excluding hydrogens is 336 g/mol. The summed E-state index contributed by atoms with van der Waals surface area (Å²) in [4.78, 5) is 12.4. The molecular formula is C19H24N2O3S. The van der Waals surface area contributed by atoms with Gasteiger partial charge in [0.25, 0.3) is 5.91 Å². The van der Waals surface area contributed by atoms with Crippen molar-refractivity contribution in [3.05, 3.63) is 65.7 Å². The molecule has 6 heteroatoms. The summed E-state index contributed by atoms with van der Waals surface area (Å²) in [5.74, 6) is -0.281. The average Bonchev–Trinajstić information content (AvgIpc) is 2.62. The highest BCUT2D eigenvalue weighted by molar-refractivity contribution is 7.89. The molecule has 2 aromatic rings. The van der Waals surface area contributed by atoms with Crippen molar-refractivity contribution >= 4 is 15.9 Å². The number of amides is 1. The van der Waals surface area contributed by atoms with Crippen LogP contribution in [0.2, 0.25) is 0 Å². The number of hydrogen-bond acceptors (Lipinski definition) is 3. The highest BCUT2D eigenvalue weighted by Crippen LogP contribution is 2.12. The third-order valence-corrected chi connectivity index (χ3v) is 5.50. The van der Waals surface area contributed by atoms with E-state index in [1.165, 1.54) is 12.1 Å². The van der Waals surface area contributed by atoms with E-state index in [9.17, 15) is 13.2 Å². The van der Waals surface area contributed by atoms with Gasteiger partial charge in [0.15, 0.2) is 0 Å². The number of carbonyl (C=O) groups is 1. The van der Waals surface area contributed by atoms with Crippen LogP contribution in [0, 0.1) is 0 Å². The molecule has 1 unspecified atom stereocenters. The number of sulfonamides is 1. The van der Waals surface area contributed by atoms with Crippen molar-refractivity contribution in [1.82, 2.24) is 10.0 Å². The third kappa shape index (κ3) is 5.69. The summed E-state index contributed by atoms with van der Waals surface area (Å²) >= 11 is 0. The molecule has 0 spiro atoms. The molecule has 0 fully saturated rings. The summed E-state index contributed by atoms with van der Waals surface area (Å²) in [6, 6.07) is 15.8. The molecule has 0 radical (unpaired) electrons. The van der Waals surface area contributed by atoms with Crippen molar-refractivity contribution in [2.75, 3.05) is 6.54 Å². The van der Waals surface area contributed by atoms with E-state index in [4.69, 9.17) is 0 Å². The molecule has 0 aliphatic heterocycles. The molecule has 0 aliphatic rings. The molecule has 5 nitrogen and oxygen atoms in total. The number of benzene rings is 2. The average molecular weight is 360 g/mol. The van der Waals surface area contributed by atoms with Crippen LogP contribution in [0.5, 0.6) is 0 Å². The fraction of sp³-hybridized carbons (Fsp3) is 0.316. The number of nitrogens with one attached hydrogen (secondary N) is 2. The maximum absolute atomic E-state index is 12.3. The van der Waals surface area contributed by atoms with E-state index in [1.54, 1.807) is 19.1 Å². The van der Waals surface area contributed by atoms with Crippen molar-refractivity contribution in [2.45, 2.75) is 37.6 Å². The van der Waals surface area contributed by atoms with Gasteiger partial charge in [0, 0.05) is 18.2 Å². The Balaban J connectivity index is 2.01. The molecule has 2 aromatic carbocycles. The Morgan fingerprint density at radius 3 is 2.48 bits per heavy atom. The Morgan fingerprint density at radius 1 is 1.08 bits per heavy atom. The Kier molecular flexibility index (Phi) is 6.73. The van der Waals surface area contributed by atoms with Crippen LogP contribution in [0.1, 0.15) is 36.2 Å². The van der Waals surface area contributed by atoms with Gasteiger partial charge >= 0.3 is 0 Å². The molecule has 134 valence electrons. The highest BCUT2D eigenvalue weighted by atomic mass is 32.2. The quantitative estimate of drug-likeness (QED) is 0.760. The SMILES string of the molecule is CCC(C)NS(=O)(=O)c1cccc(C(=O)NCCc2ccccc2)c1.